The van der Waals surface area contributed by atoms with Crippen LogP contribution in [0.25, 0.3) is 0 Å². The number of nitrogens with zero attached hydrogens (tertiary/aromatic N) is 8. The zero-order valence-electron chi connectivity index (χ0n) is 32.4. The number of aromatic nitrogens is 4. The van der Waals surface area contributed by atoms with Crippen LogP contribution in [0.15, 0.2) is 185 Å². The number of pyridine rings is 2. The molecule has 0 atom stereocenters. The first-order chi connectivity index (χ1) is 28.1. The molecular formula is C45H49N12+3. The van der Waals surface area contributed by atoms with Crippen LogP contribution in [0.4, 0.5) is 57.1 Å². The maximum atomic E-state index is 4.58. The SMILES string of the molecule is CNc1ccc(Nc2ccc(/N=N/c3cccc[n+]3CCCn3cc[n+](CCC[n+]4ccccc4/N=N/c4ccc(Nc5ccc(NC)cc5)cc4)c3)cc2)cc1. The van der Waals surface area contributed by atoms with Crippen LogP contribution in [0.2, 0.25) is 0 Å². The van der Waals surface area contributed by atoms with Crippen LogP contribution in [0, 0.1) is 0 Å². The van der Waals surface area contributed by atoms with Gasteiger partial charge in [0.05, 0.1) is 48.8 Å². The first kappa shape index (κ1) is 38.1. The standard InChI is InChI=1S/C45H47N12/c1-46-36-11-15-38(16-12-36)48-40-19-23-42(24-20-40)50-52-44-9-3-5-29-56(44)31-7-27-54-33-34-55(35-54)28-8-32-57-30-6-4-10-45(57)53-51-43-25-21-41(22-26-43)49-39-17-13-37(47-2)14-18-39/h3-6,9-26,29-30,33-35H,7-8,27-28,31-32H2,1-2H3,(H2,46,47,50,51)/q+1/p+2. The minimum Gasteiger partial charge on any atom is -0.388 e. The lowest BCUT2D eigenvalue weighted by Gasteiger charge is -2.07. The van der Waals surface area contributed by atoms with E-state index in [0.29, 0.717) is 0 Å². The van der Waals surface area contributed by atoms with Gasteiger partial charge < -0.3 is 21.3 Å². The van der Waals surface area contributed by atoms with Gasteiger partial charge in [-0.05, 0) is 119 Å². The molecule has 286 valence electrons. The lowest BCUT2D eigenvalue weighted by molar-refractivity contribution is -0.721. The molecule has 0 amide bonds. The average molecular weight is 758 g/mol. The summed E-state index contributed by atoms with van der Waals surface area (Å²) in [6.07, 6.45) is 12.5. The van der Waals surface area contributed by atoms with Crippen LogP contribution in [0.3, 0.4) is 0 Å². The number of benzene rings is 4. The molecule has 12 heteroatoms. The fourth-order valence-corrected chi connectivity index (χ4v) is 6.26. The summed E-state index contributed by atoms with van der Waals surface area (Å²) in [7, 11) is 3.83. The Labute approximate surface area is 333 Å². The van der Waals surface area contributed by atoms with E-state index in [2.05, 4.69) is 91.1 Å². The molecular weight excluding hydrogens is 709 g/mol. The smallest absolute Gasteiger partial charge is 0.350 e. The van der Waals surface area contributed by atoms with Gasteiger partial charge in [-0.1, -0.05) is 12.1 Å². The highest BCUT2D eigenvalue weighted by Gasteiger charge is 2.13. The minimum absolute atomic E-state index is 0.798. The second-order valence-corrected chi connectivity index (χ2v) is 13.5. The van der Waals surface area contributed by atoms with Gasteiger partial charge in [-0.15, -0.1) is 0 Å². The van der Waals surface area contributed by atoms with E-state index in [-0.39, 0.29) is 0 Å². The van der Waals surface area contributed by atoms with E-state index in [4.69, 9.17) is 0 Å². The maximum absolute atomic E-state index is 4.58. The van der Waals surface area contributed by atoms with Gasteiger partial charge in [0.1, 0.15) is 23.8 Å². The van der Waals surface area contributed by atoms with Gasteiger partial charge in [-0.2, -0.15) is 0 Å². The molecule has 57 heavy (non-hydrogen) atoms. The van der Waals surface area contributed by atoms with Crippen LogP contribution in [0.1, 0.15) is 12.8 Å². The number of hydrogen-bond donors (Lipinski definition) is 4. The number of rotatable bonds is 18. The molecule has 0 fully saturated rings. The van der Waals surface area contributed by atoms with E-state index >= 15 is 0 Å². The van der Waals surface area contributed by atoms with Gasteiger partial charge in [-0.3, -0.25) is 0 Å². The Kier molecular flexibility index (Phi) is 13.0. The van der Waals surface area contributed by atoms with Gasteiger partial charge in [0.2, 0.25) is 6.33 Å². The van der Waals surface area contributed by atoms with Crippen LogP contribution in [-0.4, -0.2) is 18.7 Å². The molecule has 7 rings (SSSR count). The van der Waals surface area contributed by atoms with Crippen LogP contribution in [-0.2, 0) is 26.2 Å². The third kappa shape index (κ3) is 11.2. The van der Waals surface area contributed by atoms with Crippen molar-refractivity contribution in [3.05, 3.63) is 165 Å². The maximum Gasteiger partial charge on any atom is 0.350 e. The van der Waals surface area contributed by atoms with Gasteiger partial charge in [0.15, 0.2) is 0 Å². The van der Waals surface area contributed by atoms with Crippen LogP contribution in [0.5, 0.6) is 0 Å². The predicted molar refractivity (Wildman–Crippen MR) is 227 cm³/mol. The molecule has 4 aromatic carbocycles. The normalized spacial score (nSPS) is 11.3. The molecule has 0 aliphatic heterocycles. The highest BCUT2D eigenvalue weighted by Crippen LogP contribution is 2.24. The molecule has 0 unspecified atom stereocenters. The Hall–Kier alpha value is -7.21. The highest BCUT2D eigenvalue weighted by molar-refractivity contribution is 5.65. The molecule has 0 saturated heterocycles. The second-order valence-electron chi connectivity index (χ2n) is 13.5. The van der Waals surface area contributed by atoms with Crippen molar-refractivity contribution in [2.75, 3.05) is 35.4 Å². The van der Waals surface area contributed by atoms with Crippen molar-refractivity contribution in [1.29, 1.82) is 0 Å². The van der Waals surface area contributed by atoms with Crippen LogP contribution >= 0.6 is 0 Å². The molecule has 3 aromatic heterocycles. The summed E-state index contributed by atoms with van der Waals surface area (Å²) in [6.45, 7) is 3.46. The summed E-state index contributed by atoms with van der Waals surface area (Å²) < 4.78 is 8.78. The lowest BCUT2D eigenvalue weighted by Crippen LogP contribution is -2.38. The second kappa shape index (κ2) is 19.4. The topological polar surface area (TPSA) is 114 Å². The van der Waals surface area contributed by atoms with Crippen molar-refractivity contribution >= 4 is 57.1 Å². The molecule has 0 aliphatic carbocycles. The molecule has 0 bridgehead atoms. The highest BCUT2D eigenvalue weighted by atomic mass is 15.2. The third-order valence-electron chi connectivity index (χ3n) is 9.41. The Morgan fingerprint density at radius 1 is 0.456 bits per heavy atom. The Morgan fingerprint density at radius 2 is 0.895 bits per heavy atom. The van der Waals surface area contributed by atoms with E-state index in [1.165, 1.54) is 0 Å². The van der Waals surface area contributed by atoms with Crippen molar-refractivity contribution < 1.29 is 13.7 Å². The van der Waals surface area contributed by atoms with Gasteiger partial charge in [0, 0.05) is 73.2 Å². The molecule has 7 aromatic rings. The monoisotopic (exact) mass is 757 g/mol. The zero-order chi connectivity index (χ0) is 39.1. The fourth-order valence-electron chi connectivity index (χ4n) is 6.26. The summed E-state index contributed by atoms with van der Waals surface area (Å²) in [5, 5.41) is 31.3. The Bertz CT molecular complexity index is 2200. The van der Waals surface area contributed by atoms with E-state index in [1.54, 1.807) is 0 Å². The Balaban J connectivity index is 0.855. The van der Waals surface area contributed by atoms with E-state index < -0.39 is 0 Å². The lowest BCUT2D eigenvalue weighted by atomic mass is 10.2. The summed E-state index contributed by atoms with van der Waals surface area (Å²) >= 11 is 0. The molecule has 3 heterocycles. The number of anilines is 6. The van der Waals surface area contributed by atoms with Crippen molar-refractivity contribution in [2.45, 2.75) is 39.0 Å². The predicted octanol–water partition coefficient (Wildman–Crippen LogP) is 9.93. The van der Waals surface area contributed by atoms with E-state index in [0.717, 1.165) is 96.2 Å². The summed E-state index contributed by atoms with van der Waals surface area (Å²) in [5.74, 6) is 1.64. The largest absolute Gasteiger partial charge is 0.388 e. The number of imidazole rings is 1. The summed E-state index contributed by atoms with van der Waals surface area (Å²) in [4.78, 5) is 0. The van der Waals surface area contributed by atoms with Crippen molar-refractivity contribution in [3.63, 3.8) is 0 Å². The van der Waals surface area contributed by atoms with Crippen molar-refractivity contribution in [1.82, 2.24) is 4.57 Å². The van der Waals surface area contributed by atoms with Crippen LogP contribution < -0.4 is 35.0 Å². The molecule has 0 spiro atoms. The summed E-state index contributed by atoms with van der Waals surface area (Å²) in [6, 6.07) is 44.3. The molecule has 12 nitrogen and oxygen atoms in total. The van der Waals surface area contributed by atoms with Crippen molar-refractivity contribution in [3.8, 4) is 0 Å². The fraction of sp³-hybridized carbons (Fsp3) is 0.178. The third-order valence-corrected chi connectivity index (χ3v) is 9.41. The first-order valence-corrected chi connectivity index (χ1v) is 19.3. The van der Waals surface area contributed by atoms with E-state index in [9.17, 15) is 0 Å². The number of hydrogen-bond acceptors (Lipinski definition) is 8. The molecule has 0 aliphatic rings. The molecule has 4 N–H and O–H groups in total. The summed E-state index contributed by atoms with van der Waals surface area (Å²) in [5.41, 5.74) is 7.79. The minimum atomic E-state index is 0.798. The molecule has 0 radical (unpaired) electrons. The van der Waals surface area contributed by atoms with E-state index in [1.807, 2.05) is 148 Å². The number of nitrogens with one attached hydrogen (secondary N) is 4. The first-order valence-electron chi connectivity index (χ1n) is 19.3. The van der Waals surface area contributed by atoms with Gasteiger partial charge in [0.25, 0.3) is 0 Å². The number of azo groups is 2. The van der Waals surface area contributed by atoms with Gasteiger partial charge >= 0.3 is 11.6 Å². The molecule has 0 saturated carbocycles. The number of aryl methyl sites for hydroxylation is 4. The van der Waals surface area contributed by atoms with Crippen molar-refractivity contribution in [2.24, 2.45) is 20.5 Å². The average Bonchev–Trinajstić information content (AvgIpc) is 3.72. The zero-order valence-corrected chi connectivity index (χ0v) is 32.4. The Morgan fingerprint density at radius 3 is 1.37 bits per heavy atom. The van der Waals surface area contributed by atoms with Gasteiger partial charge in [-0.25, -0.2) is 18.3 Å². The quantitative estimate of drug-likeness (QED) is 0.0516.